The fourth-order valence-corrected chi connectivity index (χ4v) is 1.89. The predicted molar refractivity (Wildman–Crippen MR) is 68.5 cm³/mol. The van der Waals surface area contributed by atoms with Crippen LogP contribution in [0.25, 0.3) is 0 Å². The highest BCUT2D eigenvalue weighted by Gasteiger charge is 2.15. The van der Waals surface area contributed by atoms with Crippen LogP contribution in [0.5, 0.6) is 0 Å². The average Bonchev–Trinajstić information content (AvgIpc) is 2.39. The van der Waals surface area contributed by atoms with Gasteiger partial charge in [-0.2, -0.15) is 0 Å². The van der Waals surface area contributed by atoms with Crippen molar-refractivity contribution in [3.63, 3.8) is 0 Å². The van der Waals surface area contributed by atoms with E-state index in [1.807, 2.05) is 6.92 Å². The Balaban J connectivity index is 2.35. The fraction of sp³-hybridized carbons (Fsp3) is 0.286. The predicted octanol–water partition coefficient (Wildman–Crippen LogP) is 2.84. The average molecular weight is 263 g/mol. The lowest BCUT2D eigenvalue weighted by molar-refractivity contribution is 0.570. The summed E-state index contributed by atoms with van der Waals surface area (Å²) >= 11 is 0. The zero-order valence-electron chi connectivity index (χ0n) is 10.6. The third-order valence-corrected chi connectivity index (χ3v) is 2.72. The summed E-state index contributed by atoms with van der Waals surface area (Å²) in [6.07, 6.45) is 6.35. The molecule has 2 aromatic rings. The van der Waals surface area contributed by atoms with Crippen LogP contribution in [0, 0.1) is 11.6 Å². The van der Waals surface area contributed by atoms with E-state index in [1.54, 1.807) is 12.4 Å². The maximum absolute atomic E-state index is 13.3. The van der Waals surface area contributed by atoms with E-state index in [9.17, 15) is 8.78 Å². The van der Waals surface area contributed by atoms with Crippen LogP contribution in [0.3, 0.4) is 0 Å². The topological polar surface area (TPSA) is 37.8 Å². The molecule has 19 heavy (non-hydrogen) atoms. The zero-order chi connectivity index (χ0) is 13.7. The van der Waals surface area contributed by atoms with Crippen molar-refractivity contribution >= 4 is 0 Å². The Morgan fingerprint density at radius 1 is 1.00 bits per heavy atom. The number of halogens is 2. The van der Waals surface area contributed by atoms with E-state index in [-0.39, 0.29) is 6.04 Å². The second kappa shape index (κ2) is 6.33. The molecule has 0 saturated carbocycles. The zero-order valence-corrected chi connectivity index (χ0v) is 10.6. The van der Waals surface area contributed by atoms with Crippen molar-refractivity contribution in [2.75, 3.05) is 6.54 Å². The molecule has 0 aliphatic rings. The number of aromatic nitrogens is 2. The number of hydrogen-bond acceptors (Lipinski definition) is 3. The first kappa shape index (κ1) is 13.5. The first-order valence-electron chi connectivity index (χ1n) is 6.15. The van der Waals surface area contributed by atoms with Gasteiger partial charge in [-0.05, 0) is 36.2 Å². The van der Waals surface area contributed by atoms with Gasteiger partial charge in [0.05, 0.1) is 18.4 Å². The van der Waals surface area contributed by atoms with Crippen LogP contribution < -0.4 is 5.32 Å². The highest BCUT2D eigenvalue weighted by molar-refractivity contribution is 5.28. The molecule has 0 aliphatic carbocycles. The molecule has 0 fully saturated rings. The molecule has 5 heteroatoms. The lowest BCUT2D eigenvalue weighted by atomic mass is 10.0. The Morgan fingerprint density at radius 3 is 1.95 bits per heavy atom. The van der Waals surface area contributed by atoms with Gasteiger partial charge in [0, 0.05) is 12.4 Å². The Kier molecular flexibility index (Phi) is 4.52. The second-order valence-corrected chi connectivity index (χ2v) is 4.26. The monoisotopic (exact) mass is 263 g/mol. The van der Waals surface area contributed by atoms with Crippen molar-refractivity contribution in [2.45, 2.75) is 19.4 Å². The molecular weight excluding hydrogens is 248 g/mol. The van der Waals surface area contributed by atoms with E-state index in [0.29, 0.717) is 11.1 Å². The van der Waals surface area contributed by atoms with Gasteiger partial charge in [0.2, 0.25) is 0 Å². The summed E-state index contributed by atoms with van der Waals surface area (Å²) in [7, 11) is 0. The minimum absolute atomic E-state index is 0.314. The number of nitrogens with zero attached hydrogens (tertiary/aromatic N) is 2. The van der Waals surface area contributed by atoms with Crippen LogP contribution in [-0.2, 0) is 0 Å². The molecule has 2 aromatic heterocycles. The fourth-order valence-electron chi connectivity index (χ4n) is 1.89. The van der Waals surface area contributed by atoms with Crippen molar-refractivity contribution < 1.29 is 8.78 Å². The van der Waals surface area contributed by atoms with Gasteiger partial charge >= 0.3 is 0 Å². The first-order chi connectivity index (χ1) is 9.20. The molecular formula is C14H15F2N3. The highest BCUT2D eigenvalue weighted by atomic mass is 19.1. The normalized spacial score (nSPS) is 10.9. The summed E-state index contributed by atoms with van der Waals surface area (Å²) in [6, 6.07) is 2.47. The molecule has 3 nitrogen and oxygen atoms in total. The van der Waals surface area contributed by atoms with Gasteiger partial charge in [0.1, 0.15) is 11.6 Å². The van der Waals surface area contributed by atoms with Crippen molar-refractivity contribution in [3.05, 3.63) is 59.7 Å². The molecule has 0 aliphatic heterocycles. The van der Waals surface area contributed by atoms with E-state index in [1.165, 1.54) is 12.1 Å². The third kappa shape index (κ3) is 3.54. The van der Waals surface area contributed by atoms with Gasteiger partial charge in [-0.3, -0.25) is 9.97 Å². The molecule has 0 amide bonds. The van der Waals surface area contributed by atoms with Gasteiger partial charge in [-0.15, -0.1) is 0 Å². The van der Waals surface area contributed by atoms with Gasteiger partial charge in [0.15, 0.2) is 0 Å². The van der Waals surface area contributed by atoms with Crippen molar-refractivity contribution in [2.24, 2.45) is 0 Å². The van der Waals surface area contributed by atoms with E-state index in [2.05, 4.69) is 15.3 Å². The standard InChI is InChI=1S/C14H15F2N3/c1-2-3-19-14(10-4-12(15)8-17-6-10)11-5-13(16)9-18-7-11/h4-9,14,19H,2-3H2,1H3. The number of nitrogens with one attached hydrogen (secondary N) is 1. The van der Waals surface area contributed by atoms with Crippen molar-refractivity contribution in [1.29, 1.82) is 0 Å². The lowest BCUT2D eigenvalue weighted by Crippen LogP contribution is -2.23. The van der Waals surface area contributed by atoms with E-state index >= 15 is 0 Å². The molecule has 2 rings (SSSR count). The molecule has 1 N–H and O–H groups in total. The molecule has 0 bridgehead atoms. The summed E-state index contributed by atoms with van der Waals surface area (Å²) < 4.78 is 26.5. The van der Waals surface area contributed by atoms with Gasteiger partial charge in [0.25, 0.3) is 0 Å². The third-order valence-electron chi connectivity index (χ3n) is 2.72. The van der Waals surface area contributed by atoms with Crippen LogP contribution in [0.1, 0.15) is 30.5 Å². The lowest BCUT2D eigenvalue weighted by Gasteiger charge is -2.18. The quantitative estimate of drug-likeness (QED) is 0.901. The minimum Gasteiger partial charge on any atom is -0.306 e. The minimum atomic E-state index is -0.412. The largest absolute Gasteiger partial charge is 0.306 e. The van der Waals surface area contributed by atoms with E-state index in [4.69, 9.17) is 0 Å². The molecule has 0 radical (unpaired) electrons. The SMILES string of the molecule is CCCNC(c1cncc(F)c1)c1cncc(F)c1. The molecule has 100 valence electrons. The Morgan fingerprint density at radius 2 is 1.53 bits per heavy atom. The van der Waals surface area contributed by atoms with Crippen LogP contribution in [0.15, 0.2) is 36.9 Å². The number of hydrogen-bond donors (Lipinski definition) is 1. The van der Waals surface area contributed by atoms with Crippen LogP contribution in [0.4, 0.5) is 8.78 Å². The van der Waals surface area contributed by atoms with Gasteiger partial charge in [-0.25, -0.2) is 8.78 Å². The Hall–Kier alpha value is -1.88. The summed E-state index contributed by atoms with van der Waals surface area (Å²) in [4.78, 5) is 7.66. The van der Waals surface area contributed by atoms with E-state index < -0.39 is 11.6 Å². The molecule has 0 atom stereocenters. The first-order valence-corrected chi connectivity index (χ1v) is 6.15. The van der Waals surface area contributed by atoms with Gasteiger partial charge in [-0.1, -0.05) is 6.92 Å². The molecule has 2 heterocycles. The van der Waals surface area contributed by atoms with Crippen LogP contribution in [0.2, 0.25) is 0 Å². The number of rotatable bonds is 5. The molecule has 0 unspecified atom stereocenters. The summed E-state index contributed by atoms with van der Waals surface area (Å²) in [5.41, 5.74) is 1.31. The van der Waals surface area contributed by atoms with Crippen LogP contribution in [-0.4, -0.2) is 16.5 Å². The Labute approximate surface area is 110 Å². The summed E-state index contributed by atoms with van der Waals surface area (Å²) in [6.45, 7) is 2.76. The molecule has 0 aromatic carbocycles. The van der Waals surface area contributed by atoms with Crippen molar-refractivity contribution in [3.8, 4) is 0 Å². The highest BCUT2D eigenvalue weighted by Crippen LogP contribution is 2.21. The molecule has 0 spiro atoms. The van der Waals surface area contributed by atoms with E-state index in [0.717, 1.165) is 25.4 Å². The summed E-state index contributed by atoms with van der Waals surface area (Å²) in [5.74, 6) is -0.824. The summed E-state index contributed by atoms with van der Waals surface area (Å²) in [5, 5.41) is 3.24. The van der Waals surface area contributed by atoms with Crippen LogP contribution >= 0.6 is 0 Å². The maximum atomic E-state index is 13.3. The molecule has 0 saturated heterocycles. The second-order valence-electron chi connectivity index (χ2n) is 4.26. The smallest absolute Gasteiger partial charge is 0.141 e. The number of pyridine rings is 2. The maximum Gasteiger partial charge on any atom is 0.141 e. The van der Waals surface area contributed by atoms with Crippen molar-refractivity contribution in [1.82, 2.24) is 15.3 Å². The Bertz CT molecular complexity index is 500. The van der Waals surface area contributed by atoms with Gasteiger partial charge < -0.3 is 5.32 Å².